The molecule has 0 spiro atoms. The summed E-state index contributed by atoms with van der Waals surface area (Å²) in [5.41, 5.74) is 0.683. The summed E-state index contributed by atoms with van der Waals surface area (Å²) in [6.45, 7) is 7.00. The highest BCUT2D eigenvalue weighted by molar-refractivity contribution is 5.86. The molecule has 2 N–H and O–H groups in total. The molecule has 30 heavy (non-hydrogen) atoms. The van der Waals surface area contributed by atoms with Crippen LogP contribution < -0.4 is 27.4 Å². The van der Waals surface area contributed by atoms with E-state index in [1.165, 1.54) is 70.9 Å². The lowest BCUT2D eigenvalue weighted by Crippen LogP contribution is -3.12. The normalized spacial score (nSPS) is 14.0. The van der Waals surface area contributed by atoms with E-state index in [9.17, 15) is 4.79 Å². The molecule has 0 saturated carbocycles. The van der Waals surface area contributed by atoms with Crippen LogP contribution in [0.5, 0.6) is 5.75 Å². The Hall–Kier alpha value is -1.46. The predicted octanol–water partition coefficient (Wildman–Crippen LogP) is 1.83. The highest BCUT2D eigenvalue weighted by Gasteiger charge is 2.13. The zero-order chi connectivity index (χ0) is 20.6. The Morgan fingerprint density at radius 2 is 1.63 bits per heavy atom. The van der Waals surface area contributed by atoms with Crippen molar-refractivity contribution in [1.82, 2.24) is 0 Å². The zero-order valence-electron chi connectivity index (χ0n) is 18.7. The molecule has 0 radical (unpaired) electrons. The lowest BCUT2D eigenvalue weighted by Gasteiger charge is -2.23. The van der Waals surface area contributed by atoms with Gasteiger partial charge in [0.2, 0.25) is 0 Å². The highest BCUT2D eigenvalue weighted by atomic mass is 35.5. The summed E-state index contributed by atoms with van der Waals surface area (Å²) in [6, 6.07) is 7.59. The Bertz CT molecular complexity index is 565. The molecule has 1 aromatic carbocycles. The Balaban J connectivity index is 0.00000450. The monoisotopic (exact) mass is 440 g/mol. The standard InChI is InChI=1S/C24H40N2O3.ClH/c1-2-3-4-5-6-7-13-20-28-23-16-10-9-15-22(23)25-24(27)29-21-14-19-26-17-11-8-12-18-26;/h9-10,15-16H,2-8,11-14,17-21H2,1H3,(H,25,27);1H. The maximum atomic E-state index is 12.1. The number of halogens is 1. The van der Waals surface area contributed by atoms with Crippen molar-refractivity contribution in [2.24, 2.45) is 0 Å². The number of carbonyl (C=O) groups is 1. The molecular formula is C24H41ClN2O3. The fraction of sp³-hybridized carbons (Fsp3) is 0.708. The van der Waals surface area contributed by atoms with Crippen molar-refractivity contribution < 1.29 is 31.6 Å². The molecule has 1 amide bonds. The molecule has 0 aliphatic carbocycles. The van der Waals surface area contributed by atoms with Crippen molar-refractivity contribution in [1.29, 1.82) is 0 Å². The van der Waals surface area contributed by atoms with E-state index in [1.54, 1.807) is 4.90 Å². The summed E-state index contributed by atoms with van der Waals surface area (Å²) in [7, 11) is 0. The number of hydrogen-bond acceptors (Lipinski definition) is 3. The van der Waals surface area contributed by atoms with Gasteiger partial charge in [-0.15, -0.1) is 0 Å². The highest BCUT2D eigenvalue weighted by Crippen LogP contribution is 2.24. The molecule has 6 heteroatoms. The van der Waals surface area contributed by atoms with Gasteiger partial charge in [-0.05, 0) is 37.8 Å². The summed E-state index contributed by atoms with van der Waals surface area (Å²) in [5.74, 6) is 0.716. The van der Waals surface area contributed by atoms with Crippen molar-refractivity contribution in [2.75, 3.05) is 38.2 Å². The van der Waals surface area contributed by atoms with Crippen LogP contribution in [-0.2, 0) is 4.74 Å². The summed E-state index contributed by atoms with van der Waals surface area (Å²) in [6.07, 6.45) is 13.3. The van der Waals surface area contributed by atoms with Gasteiger partial charge in [0.1, 0.15) is 5.75 Å². The Labute approximate surface area is 189 Å². The minimum atomic E-state index is -0.398. The van der Waals surface area contributed by atoms with E-state index in [4.69, 9.17) is 9.47 Å². The fourth-order valence-electron chi connectivity index (χ4n) is 3.87. The summed E-state index contributed by atoms with van der Waals surface area (Å²) < 4.78 is 11.3. The first-order valence-electron chi connectivity index (χ1n) is 11.8. The summed E-state index contributed by atoms with van der Waals surface area (Å²) in [4.78, 5) is 13.8. The molecule has 172 valence electrons. The number of hydrogen-bond donors (Lipinski definition) is 2. The van der Waals surface area contributed by atoms with Gasteiger partial charge in [0.05, 0.1) is 38.5 Å². The van der Waals surface area contributed by atoms with E-state index in [0.29, 0.717) is 24.7 Å². The van der Waals surface area contributed by atoms with E-state index >= 15 is 0 Å². The molecule has 1 aliphatic heterocycles. The van der Waals surface area contributed by atoms with Crippen LogP contribution in [-0.4, -0.2) is 38.9 Å². The lowest BCUT2D eigenvalue weighted by atomic mass is 10.1. The number of para-hydroxylation sites is 2. The number of likely N-dealkylation sites (tertiary alicyclic amines) is 1. The van der Waals surface area contributed by atoms with Crippen LogP contribution in [0.3, 0.4) is 0 Å². The average Bonchev–Trinajstić information content (AvgIpc) is 2.75. The number of benzene rings is 1. The maximum absolute atomic E-state index is 12.1. The second-order valence-electron chi connectivity index (χ2n) is 8.14. The number of amides is 1. The number of rotatable bonds is 14. The van der Waals surface area contributed by atoms with Gasteiger partial charge in [0.25, 0.3) is 0 Å². The molecule has 0 atom stereocenters. The third-order valence-electron chi connectivity index (χ3n) is 5.60. The first-order valence-corrected chi connectivity index (χ1v) is 11.8. The first kappa shape index (κ1) is 26.6. The van der Waals surface area contributed by atoms with Gasteiger partial charge in [-0.1, -0.05) is 57.6 Å². The maximum Gasteiger partial charge on any atom is 0.411 e. The van der Waals surface area contributed by atoms with E-state index in [2.05, 4.69) is 12.2 Å². The number of unbranched alkanes of at least 4 members (excludes halogenated alkanes) is 6. The van der Waals surface area contributed by atoms with Crippen molar-refractivity contribution in [3.8, 4) is 5.75 Å². The van der Waals surface area contributed by atoms with Crippen LogP contribution >= 0.6 is 0 Å². The number of nitrogens with one attached hydrogen (secondary N) is 2. The molecule has 0 unspecified atom stereocenters. The number of anilines is 1. The molecule has 5 nitrogen and oxygen atoms in total. The second kappa shape index (κ2) is 17.2. The van der Waals surface area contributed by atoms with Gasteiger partial charge in [0.15, 0.2) is 0 Å². The van der Waals surface area contributed by atoms with E-state index in [-0.39, 0.29) is 12.4 Å². The number of carbonyl (C=O) groups excluding carboxylic acids is 1. The molecule has 0 bridgehead atoms. The molecule has 1 aromatic rings. The molecule has 2 rings (SSSR count). The molecule has 1 fully saturated rings. The minimum absolute atomic E-state index is 0. The largest absolute Gasteiger partial charge is 1.00 e. The third kappa shape index (κ3) is 11.7. The van der Waals surface area contributed by atoms with Gasteiger partial charge in [-0.25, -0.2) is 4.79 Å². The van der Waals surface area contributed by atoms with Crippen molar-refractivity contribution >= 4 is 11.8 Å². The van der Waals surface area contributed by atoms with Crippen molar-refractivity contribution in [2.45, 2.75) is 77.6 Å². The van der Waals surface area contributed by atoms with Gasteiger partial charge >= 0.3 is 6.09 Å². The SMILES string of the molecule is CCCCCCCCCOc1ccccc1NC(=O)OCCC[NH+]1CCCCC1.[Cl-]. The van der Waals surface area contributed by atoms with Crippen LogP contribution in [0, 0.1) is 0 Å². The second-order valence-corrected chi connectivity index (χ2v) is 8.14. The van der Waals surface area contributed by atoms with Crippen LogP contribution in [0.2, 0.25) is 0 Å². The van der Waals surface area contributed by atoms with Gasteiger partial charge in [-0.2, -0.15) is 0 Å². The number of piperidine rings is 1. The quantitative estimate of drug-likeness (QED) is 0.434. The van der Waals surface area contributed by atoms with E-state index in [1.807, 2.05) is 24.3 Å². The Morgan fingerprint density at radius 3 is 2.40 bits per heavy atom. The van der Waals surface area contributed by atoms with Crippen LogP contribution in [0.4, 0.5) is 10.5 Å². The fourth-order valence-corrected chi connectivity index (χ4v) is 3.87. The Morgan fingerprint density at radius 1 is 0.933 bits per heavy atom. The van der Waals surface area contributed by atoms with E-state index in [0.717, 1.165) is 19.4 Å². The Kier molecular flexibility index (Phi) is 15.3. The van der Waals surface area contributed by atoms with Gasteiger partial charge in [0, 0.05) is 6.42 Å². The summed E-state index contributed by atoms with van der Waals surface area (Å²) in [5, 5.41) is 2.83. The third-order valence-corrected chi connectivity index (χ3v) is 5.60. The molecule has 1 heterocycles. The number of quaternary nitrogens is 1. The predicted molar refractivity (Wildman–Crippen MR) is 119 cm³/mol. The van der Waals surface area contributed by atoms with Gasteiger partial charge < -0.3 is 26.8 Å². The zero-order valence-corrected chi connectivity index (χ0v) is 19.5. The minimum Gasteiger partial charge on any atom is -1.00 e. The van der Waals surface area contributed by atoms with Crippen LogP contribution in [0.1, 0.15) is 77.6 Å². The van der Waals surface area contributed by atoms with Crippen molar-refractivity contribution in [3.63, 3.8) is 0 Å². The molecule has 1 saturated heterocycles. The molecular weight excluding hydrogens is 400 g/mol. The topological polar surface area (TPSA) is 52.0 Å². The molecule has 0 aromatic heterocycles. The van der Waals surface area contributed by atoms with E-state index < -0.39 is 6.09 Å². The van der Waals surface area contributed by atoms with Crippen LogP contribution in [0.25, 0.3) is 0 Å². The lowest BCUT2D eigenvalue weighted by molar-refractivity contribution is -0.905. The number of ether oxygens (including phenoxy) is 2. The average molecular weight is 441 g/mol. The summed E-state index contributed by atoms with van der Waals surface area (Å²) >= 11 is 0. The molecule has 1 aliphatic rings. The first-order chi connectivity index (χ1) is 14.3. The smallest absolute Gasteiger partial charge is 0.411 e. The van der Waals surface area contributed by atoms with Crippen LogP contribution in [0.15, 0.2) is 24.3 Å². The van der Waals surface area contributed by atoms with Crippen molar-refractivity contribution in [3.05, 3.63) is 24.3 Å². The van der Waals surface area contributed by atoms with Gasteiger partial charge in [-0.3, -0.25) is 5.32 Å².